The Morgan fingerprint density at radius 1 is 1.08 bits per heavy atom. The lowest BCUT2D eigenvalue weighted by Crippen LogP contribution is -2.37. The average Bonchev–Trinajstić information content (AvgIpc) is 3.72. The standard InChI is InChI=1S/C34H30ClF3N8O5S/c1-44-30-26(9-7-22(35)28(30)32(42-44)43-52(3,49)50)46-33(40-29-21(34(46)48)6-8-23(38)31(29)51-2)25(14-17-12-19(36)15-20(37)13-17)39-27(47)16-45-11-10-24(41-45)18-4-5-18/h6-13,15,18,25H,4-5,14,16H2,1-3H3,(H,39,47)(H,42,43)/t25-/m0/s1. The molecule has 0 aliphatic heterocycles. The molecule has 0 saturated heterocycles. The number of fused-ring (bicyclic) bond motifs is 2. The average molecular weight is 755 g/mol. The molecule has 7 rings (SSSR count). The lowest BCUT2D eigenvalue weighted by Gasteiger charge is -2.24. The van der Waals surface area contributed by atoms with E-state index in [9.17, 15) is 26.8 Å². The van der Waals surface area contributed by atoms with E-state index in [1.807, 2.05) is 6.07 Å². The highest BCUT2D eigenvalue weighted by molar-refractivity contribution is 7.92. The number of anilines is 1. The van der Waals surface area contributed by atoms with E-state index in [0.717, 1.165) is 47.6 Å². The Balaban J connectivity index is 1.47. The van der Waals surface area contributed by atoms with Crippen LogP contribution >= 0.6 is 11.6 Å². The van der Waals surface area contributed by atoms with Gasteiger partial charge >= 0.3 is 0 Å². The van der Waals surface area contributed by atoms with Crippen molar-refractivity contribution in [2.45, 2.75) is 37.8 Å². The summed E-state index contributed by atoms with van der Waals surface area (Å²) in [6, 6.07) is 8.54. The minimum atomic E-state index is -3.83. The van der Waals surface area contributed by atoms with Gasteiger partial charge in [-0.15, -0.1) is 0 Å². The monoisotopic (exact) mass is 754 g/mol. The number of amides is 1. The van der Waals surface area contributed by atoms with E-state index in [2.05, 4.69) is 20.2 Å². The molecule has 6 aromatic rings. The molecule has 0 bridgehead atoms. The Bertz CT molecular complexity index is 2570. The van der Waals surface area contributed by atoms with E-state index in [0.29, 0.717) is 12.0 Å². The second-order valence-electron chi connectivity index (χ2n) is 12.5. The van der Waals surface area contributed by atoms with Crippen LogP contribution in [0.2, 0.25) is 5.02 Å². The molecule has 52 heavy (non-hydrogen) atoms. The van der Waals surface area contributed by atoms with E-state index in [-0.39, 0.29) is 68.4 Å². The Hall–Kier alpha value is -5.42. The van der Waals surface area contributed by atoms with Crippen LogP contribution in [-0.2, 0) is 34.8 Å². The Labute approximate surface area is 299 Å². The van der Waals surface area contributed by atoms with E-state index in [1.54, 1.807) is 6.20 Å². The maximum absolute atomic E-state index is 15.1. The Morgan fingerprint density at radius 3 is 2.48 bits per heavy atom. The first-order valence-corrected chi connectivity index (χ1v) is 18.2. The maximum Gasteiger partial charge on any atom is 0.266 e. The zero-order valence-corrected chi connectivity index (χ0v) is 29.4. The molecule has 3 aromatic carbocycles. The van der Waals surface area contributed by atoms with Crippen molar-refractivity contribution in [1.29, 1.82) is 0 Å². The van der Waals surface area contributed by atoms with Crippen LogP contribution in [0.25, 0.3) is 27.5 Å². The lowest BCUT2D eigenvalue weighted by atomic mass is 10.0. The number of sulfonamides is 1. The van der Waals surface area contributed by atoms with Crippen LogP contribution in [0.5, 0.6) is 5.75 Å². The number of aromatic nitrogens is 6. The largest absolute Gasteiger partial charge is 0.491 e. The molecule has 1 amide bonds. The SMILES string of the molecule is COc1c(F)ccc2c(=O)n(-c3ccc(Cl)c4c(NS(C)(=O)=O)nn(C)c34)c([C@H](Cc3cc(F)cc(F)c3)NC(=O)Cn3ccc(C4CC4)n3)nc12. The van der Waals surface area contributed by atoms with Crippen molar-refractivity contribution in [3.8, 4) is 11.4 Å². The van der Waals surface area contributed by atoms with Gasteiger partial charge in [-0.05, 0) is 60.9 Å². The molecule has 1 saturated carbocycles. The number of methoxy groups -OCH3 is 1. The summed E-state index contributed by atoms with van der Waals surface area (Å²) in [5.41, 5.74) is 0.311. The topological polar surface area (TPSA) is 155 Å². The Morgan fingerprint density at radius 2 is 1.81 bits per heavy atom. The first kappa shape index (κ1) is 35.0. The van der Waals surface area contributed by atoms with Gasteiger partial charge in [0.2, 0.25) is 15.9 Å². The number of ether oxygens (including phenoxy) is 1. The second-order valence-corrected chi connectivity index (χ2v) is 14.7. The van der Waals surface area contributed by atoms with Crippen LogP contribution in [0.3, 0.4) is 0 Å². The Kier molecular flexibility index (Phi) is 8.94. The third kappa shape index (κ3) is 6.80. The minimum absolute atomic E-state index is 0.0761. The summed E-state index contributed by atoms with van der Waals surface area (Å²) in [7, 11) is -1.13. The number of aryl methyl sites for hydroxylation is 1. The molecule has 2 N–H and O–H groups in total. The predicted octanol–water partition coefficient (Wildman–Crippen LogP) is 4.90. The molecule has 0 spiro atoms. The highest BCUT2D eigenvalue weighted by atomic mass is 35.5. The first-order valence-electron chi connectivity index (χ1n) is 15.9. The van der Waals surface area contributed by atoms with Gasteiger partial charge in [-0.25, -0.2) is 26.6 Å². The smallest absolute Gasteiger partial charge is 0.266 e. The van der Waals surface area contributed by atoms with Crippen LogP contribution in [0.4, 0.5) is 19.0 Å². The minimum Gasteiger partial charge on any atom is -0.491 e. The molecule has 1 fully saturated rings. The van der Waals surface area contributed by atoms with E-state index < -0.39 is 45.0 Å². The van der Waals surface area contributed by atoms with Gasteiger partial charge in [0.05, 0.1) is 52.1 Å². The summed E-state index contributed by atoms with van der Waals surface area (Å²) >= 11 is 6.58. The zero-order valence-electron chi connectivity index (χ0n) is 27.8. The molecule has 18 heteroatoms. The molecule has 3 aromatic heterocycles. The molecule has 0 unspecified atom stereocenters. The summed E-state index contributed by atoms with van der Waals surface area (Å²) in [6.45, 7) is -0.246. The van der Waals surface area contributed by atoms with Gasteiger partial charge in [0.1, 0.15) is 29.5 Å². The fourth-order valence-electron chi connectivity index (χ4n) is 6.29. The van der Waals surface area contributed by atoms with Gasteiger partial charge in [-0.1, -0.05) is 11.6 Å². The van der Waals surface area contributed by atoms with Crippen LogP contribution in [0.1, 0.15) is 41.9 Å². The molecule has 13 nitrogen and oxygen atoms in total. The van der Waals surface area contributed by atoms with Crippen LogP contribution in [0.15, 0.2) is 59.5 Å². The van der Waals surface area contributed by atoms with Gasteiger partial charge < -0.3 is 10.1 Å². The van der Waals surface area contributed by atoms with Crippen LogP contribution in [0, 0.1) is 17.5 Å². The summed E-state index contributed by atoms with van der Waals surface area (Å²) < 4.78 is 80.1. The number of rotatable bonds is 11. The number of benzene rings is 3. The van der Waals surface area contributed by atoms with E-state index >= 15 is 4.39 Å². The van der Waals surface area contributed by atoms with Crippen molar-refractivity contribution in [2.24, 2.45) is 7.05 Å². The summed E-state index contributed by atoms with van der Waals surface area (Å²) in [5.74, 6) is -3.47. The third-order valence-corrected chi connectivity index (χ3v) is 9.47. The summed E-state index contributed by atoms with van der Waals surface area (Å²) in [4.78, 5) is 33.1. The van der Waals surface area contributed by atoms with Gasteiger partial charge in [0, 0.05) is 31.6 Å². The summed E-state index contributed by atoms with van der Waals surface area (Å²) in [5, 5.41) is 11.8. The number of hydrogen-bond donors (Lipinski definition) is 2. The first-order chi connectivity index (χ1) is 24.7. The molecule has 3 heterocycles. The number of carbonyl (C=O) groups is 1. The second kappa shape index (κ2) is 13.3. The van der Waals surface area contributed by atoms with Crippen molar-refractivity contribution in [2.75, 3.05) is 18.1 Å². The normalized spacial score (nSPS) is 13.8. The zero-order chi connectivity index (χ0) is 37.1. The summed E-state index contributed by atoms with van der Waals surface area (Å²) in [6.07, 6.45) is 4.32. The predicted molar refractivity (Wildman–Crippen MR) is 187 cm³/mol. The molecule has 1 aliphatic carbocycles. The van der Waals surface area contributed by atoms with E-state index in [1.165, 1.54) is 41.7 Å². The highest BCUT2D eigenvalue weighted by Gasteiger charge is 2.30. The van der Waals surface area contributed by atoms with Gasteiger partial charge in [-0.3, -0.25) is 28.2 Å². The number of nitrogens with one attached hydrogen (secondary N) is 2. The lowest BCUT2D eigenvalue weighted by molar-refractivity contribution is -0.122. The fourth-order valence-corrected chi connectivity index (χ4v) is 7.02. The van der Waals surface area contributed by atoms with Crippen LogP contribution < -0.4 is 20.3 Å². The molecule has 270 valence electrons. The molecule has 1 atom stereocenters. The van der Waals surface area contributed by atoms with Crippen molar-refractivity contribution in [3.63, 3.8) is 0 Å². The molecule has 0 radical (unpaired) electrons. The van der Waals surface area contributed by atoms with Gasteiger partial charge in [-0.2, -0.15) is 10.2 Å². The maximum atomic E-state index is 15.1. The fraction of sp³-hybridized carbons (Fsp3) is 0.265. The van der Waals surface area contributed by atoms with Crippen molar-refractivity contribution in [1.82, 2.24) is 34.4 Å². The quantitative estimate of drug-likeness (QED) is 0.189. The van der Waals surface area contributed by atoms with Crippen molar-refractivity contribution in [3.05, 3.63) is 105 Å². The molecule has 1 aliphatic rings. The number of halogens is 4. The third-order valence-electron chi connectivity index (χ3n) is 8.59. The molecular weight excluding hydrogens is 725 g/mol. The highest BCUT2D eigenvalue weighted by Crippen LogP contribution is 2.39. The van der Waals surface area contributed by atoms with Crippen molar-refractivity contribution >= 4 is 55.2 Å². The van der Waals surface area contributed by atoms with Gasteiger partial charge in [0.25, 0.3) is 5.56 Å². The van der Waals surface area contributed by atoms with E-state index in [4.69, 9.17) is 21.3 Å². The number of hydrogen-bond acceptors (Lipinski definition) is 8. The van der Waals surface area contributed by atoms with Gasteiger partial charge in [0.15, 0.2) is 17.4 Å². The molecular formula is C34H30ClF3N8O5S. The number of nitrogens with zero attached hydrogens (tertiary/aromatic N) is 6. The van der Waals surface area contributed by atoms with Crippen LogP contribution in [-0.4, -0.2) is 56.8 Å². The van der Waals surface area contributed by atoms with Crippen molar-refractivity contribution < 1.29 is 31.1 Å². The number of carbonyl (C=O) groups excluding carboxylic acids is 1.